The van der Waals surface area contributed by atoms with E-state index in [2.05, 4.69) is 60.8 Å². The van der Waals surface area contributed by atoms with Crippen LogP contribution in [-0.2, 0) is 19.6 Å². The van der Waals surface area contributed by atoms with E-state index in [0.29, 0.717) is 18.2 Å². The molecule has 0 saturated carbocycles. The Morgan fingerprint density at radius 2 is 1.56 bits per heavy atom. The molecule has 0 aliphatic carbocycles. The van der Waals surface area contributed by atoms with Crippen molar-refractivity contribution >= 4 is 23.2 Å². The Kier molecular flexibility index (Phi) is 8.66. The van der Waals surface area contributed by atoms with Crippen molar-refractivity contribution in [2.24, 2.45) is 0 Å². The number of aryl methyl sites for hydroxylation is 1. The van der Waals surface area contributed by atoms with Gasteiger partial charge in [0.2, 0.25) is 0 Å². The van der Waals surface area contributed by atoms with Gasteiger partial charge in [-0.3, -0.25) is 0 Å². The molecule has 4 rings (SSSR count). The van der Waals surface area contributed by atoms with Crippen LogP contribution in [0.4, 0.5) is 4.39 Å². The molecule has 0 aromatic heterocycles. The number of fused-ring (bicyclic) bond motifs is 1. The molecule has 4 heteroatoms. The summed E-state index contributed by atoms with van der Waals surface area (Å²) in [6.07, 6.45) is 2.10. The second-order valence-electron chi connectivity index (χ2n) is 7.95. The van der Waals surface area contributed by atoms with E-state index in [1.54, 1.807) is 12.1 Å². The van der Waals surface area contributed by atoms with E-state index < -0.39 is 0 Å². The molecule has 0 radical (unpaired) electrons. The van der Waals surface area contributed by atoms with Crippen molar-refractivity contribution in [2.75, 3.05) is 0 Å². The van der Waals surface area contributed by atoms with Gasteiger partial charge in [-0.05, 0) is 48.2 Å². The second kappa shape index (κ2) is 11.7. The van der Waals surface area contributed by atoms with Gasteiger partial charge in [0.25, 0.3) is 0 Å². The lowest BCUT2D eigenvalue weighted by molar-refractivity contribution is 0.296. The van der Waals surface area contributed by atoms with Crippen LogP contribution in [0.25, 0.3) is 10.8 Å². The summed E-state index contributed by atoms with van der Waals surface area (Å²) in [6, 6.07) is 30.1. The van der Waals surface area contributed by atoms with Crippen molar-refractivity contribution in [2.45, 2.75) is 39.0 Å². The van der Waals surface area contributed by atoms with Crippen LogP contribution in [0.1, 0.15) is 30.0 Å². The second-order valence-corrected chi connectivity index (χ2v) is 7.95. The van der Waals surface area contributed by atoms with Gasteiger partial charge in [-0.25, -0.2) is 4.39 Å². The third-order valence-corrected chi connectivity index (χ3v) is 5.67. The molecule has 2 nitrogen and oxygen atoms in total. The minimum absolute atomic E-state index is 0. The monoisotopic (exact) mass is 449 g/mol. The highest BCUT2D eigenvalue weighted by molar-refractivity contribution is 5.87. The summed E-state index contributed by atoms with van der Waals surface area (Å²) in [5.41, 5.74) is 3.03. The van der Waals surface area contributed by atoms with Crippen LogP contribution >= 0.6 is 12.4 Å². The SMILES string of the molecule is CC(CCc1ccccc1)NCc1c(OCc2ccccc2F)ccc2ccccc12.Cl. The minimum atomic E-state index is -0.238. The average molecular weight is 450 g/mol. The molecule has 0 amide bonds. The maximum Gasteiger partial charge on any atom is 0.129 e. The Morgan fingerprint density at radius 3 is 2.38 bits per heavy atom. The van der Waals surface area contributed by atoms with E-state index in [9.17, 15) is 4.39 Å². The Morgan fingerprint density at radius 1 is 0.844 bits per heavy atom. The molecule has 1 atom stereocenters. The first-order valence-electron chi connectivity index (χ1n) is 10.8. The van der Waals surface area contributed by atoms with Gasteiger partial charge in [0.15, 0.2) is 0 Å². The normalized spacial score (nSPS) is 11.7. The van der Waals surface area contributed by atoms with Crippen molar-refractivity contribution in [3.8, 4) is 5.75 Å². The van der Waals surface area contributed by atoms with Crippen LogP contribution in [0.3, 0.4) is 0 Å². The molecule has 0 aliphatic rings. The predicted molar refractivity (Wildman–Crippen MR) is 133 cm³/mol. The standard InChI is InChI=1S/C28H28FNO.ClH/c1-21(15-16-22-9-3-2-4-10-22)30-19-26-25-13-7-5-11-23(25)17-18-28(26)31-20-24-12-6-8-14-27(24)29;/h2-14,17-18,21,30H,15-16,19-20H2,1H3;1H. The Labute approximate surface area is 195 Å². The van der Waals surface area contributed by atoms with E-state index in [-0.39, 0.29) is 24.8 Å². The molecular formula is C28H29ClFNO. The molecule has 0 bridgehead atoms. The molecule has 0 aliphatic heterocycles. The van der Waals surface area contributed by atoms with Gasteiger partial charge in [0.05, 0.1) is 0 Å². The molecule has 4 aromatic rings. The number of ether oxygens (including phenoxy) is 1. The van der Waals surface area contributed by atoms with Crippen LogP contribution in [0.2, 0.25) is 0 Å². The van der Waals surface area contributed by atoms with E-state index in [0.717, 1.165) is 29.5 Å². The maximum atomic E-state index is 14.0. The first kappa shape index (κ1) is 23.8. The number of hydrogen-bond acceptors (Lipinski definition) is 2. The Bertz CT molecular complexity index is 1130. The lowest BCUT2D eigenvalue weighted by Gasteiger charge is -2.18. The quantitative estimate of drug-likeness (QED) is 0.294. The molecule has 0 saturated heterocycles. The summed E-state index contributed by atoms with van der Waals surface area (Å²) in [5.74, 6) is 0.558. The van der Waals surface area contributed by atoms with Crippen LogP contribution < -0.4 is 10.1 Å². The Hall–Kier alpha value is -2.88. The molecule has 32 heavy (non-hydrogen) atoms. The van der Waals surface area contributed by atoms with Crippen molar-refractivity contribution < 1.29 is 9.13 Å². The molecule has 0 heterocycles. The van der Waals surface area contributed by atoms with Crippen LogP contribution in [0.15, 0.2) is 91.0 Å². The van der Waals surface area contributed by atoms with Crippen molar-refractivity contribution in [1.82, 2.24) is 5.32 Å². The highest BCUT2D eigenvalue weighted by atomic mass is 35.5. The third kappa shape index (κ3) is 6.09. The predicted octanol–water partition coefficient (Wildman–Crippen LogP) is 7.09. The Balaban J connectivity index is 0.00000289. The fourth-order valence-electron chi connectivity index (χ4n) is 3.81. The summed E-state index contributed by atoms with van der Waals surface area (Å²) in [5, 5.41) is 6.00. The van der Waals surface area contributed by atoms with Gasteiger partial charge in [0.1, 0.15) is 18.2 Å². The zero-order chi connectivity index (χ0) is 21.5. The van der Waals surface area contributed by atoms with Crippen molar-refractivity contribution in [3.63, 3.8) is 0 Å². The maximum absolute atomic E-state index is 14.0. The summed E-state index contributed by atoms with van der Waals surface area (Å²) >= 11 is 0. The molecular weight excluding hydrogens is 421 g/mol. The zero-order valence-electron chi connectivity index (χ0n) is 18.3. The number of benzene rings is 4. The molecule has 0 fully saturated rings. The van der Waals surface area contributed by atoms with Crippen LogP contribution in [0, 0.1) is 5.82 Å². The van der Waals surface area contributed by atoms with E-state index >= 15 is 0 Å². The van der Waals surface area contributed by atoms with Crippen LogP contribution in [0.5, 0.6) is 5.75 Å². The van der Waals surface area contributed by atoms with E-state index in [1.807, 2.05) is 24.3 Å². The fourth-order valence-corrected chi connectivity index (χ4v) is 3.81. The van der Waals surface area contributed by atoms with Crippen molar-refractivity contribution in [1.29, 1.82) is 0 Å². The zero-order valence-corrected chi connectivity index (χ0v) is 19.1. The van der Waals surface area contributed by atoms with E-state index in [1.165, 1.54) is 17.0 Å². The molecule has 1 N–H and O–H groups in total. The topological polar surface area (TPSA) is 21.3 Å². The molecule has 4 aromatic carbocycles. The number of nitrogens with one attached hydrogen (secondary N) is 1. The molecule has 0 spiro atoms. The smallest absolute Gasteiger partial charge is 0.129 e. The van der Waals surface area contributed by atoms with Crippen molar-refractivity contribution in [3.05, 3.63) is 114 Å². The van der Waals surface area contributed by atoms with Gasteiger partial charge in [0, 0.05) is 23.7 Å². The van der Waals surface area contributed by atoms with Crippen LogP contribution in [-0.4, -0.2) is 6.04 Å². The summed E-state index contributed by atoms with van der Waals surface area (Å²) in [7, 11) is 0. The number of halogens is 2. The first-order valence-corrected chi connectivity index (χ1v) is 10.8. The number of rotatable bonds is 9. The summed E-state index contributed by atoms with van der Waals surface area (Å²) in [4.78, 5) is 0. The molecule has 1 unspecified atom stereocenters. The highest BCUT2D eigenvalue weighted by Gasteiger charge is 2.12. The van der Waals surface area contributed by atoms with E-state index in [4.69, 9.17) is 4.74 Å². The van der Waals surface area contributed by atoms with Gasteiger partial charge in [-0.1, -0.05) is 78.9 Å². The first-order chi connectivity index (χ1) is 15.2. The van der Waals surface area contributed by atoms with Gasteiger partial charge in [-0.2, -0.15) is 0 Å². The number of hydrogen-bond donors (Lipinski definition) is 1. The summed E-state index contributed by atoms with van der Waals surface area (Å²) in [6.45, 7) is 3.12. The van der Waals surface area contributed by atoms with Gasteiger partial charge >= 0.3 is 0 Å². The minimum Gasteiger partial charge on any atom is -0.488 e. The van der Waals surface area contributed by atoms with Gasteiger partial charge < -0.3 is 10.1 Å². The highest BCUT2D eigenvalue weighted by Crippen LogP contribution is 2.29. The lowest BCUT2D eigenvalue weighted by atomic mass is 10.0. The molecule has 166 valence electrons. The third-order valence-electron chi connectivity index (χ3n) is 5.67. The fraction of sp³-hybridized carbons (Fsp3) is 0.214. The lowest BCUT2D eigenvalue weighted by Crippen LogP contribution is -2.26. The largest absolute Gasteiger partial charge is 0.488 e. The summed E-state index contributed by atoms with van der Waals surface area (Å²) < 4.78 is 20.1. The van der Waals surface area contributed by atoms with Gasteiger partial charge in [-0.15, -0.1) is 12.4 Å². The average Bonchev–Trinajstić information content (AvgIpc) is 2.81.